The number of nitrogens with two attached hydrogens (primary N) is 1. The van der Waals surface area contributed by atoms with E-state index >= 15 is 0 Å². The van der Waals surface area contributed by atoms with Crippen molar-refractivity contribution in [1.82, 2.24) is 4.98 Å². The molecule has 2 aromatic rings. The number of aromatic nitrogens is 1. The SMILES string of the molecule is Nc1c(F)cc(C(=O)/C=C/c2cccnc2)c(O)c1[N+](=O)[O-]. The van der Waals surface area contributed by atoms with E-state index in [0.717, 1.165) is 6.08 Å². The van der Waals surface area contributed by atoms with Crippen molar-refractivity contribution in [3.8, 4) is 5.75 Å². The van der Waals surface area contributed by atoms with Crippen molar-refractivity contribution < 1.29 is 19.2 Å². The fourth-order valence-electron chi connectivity index (χ4n) is 1.75. The summed E-state index contributed by atoms with van der Waals surface area (Å²) in [6.07, 6.45) is 5.46. The van der Waals surface area contributed by atoms with Gasteiger partial charge in [-0.25, -0.2) is 4.39 Å². The second kappa shape index (κ2) is 6.00. The van der Waals surface area contributed by atoms with Crippen LogP contribution in [-0.2, 0) is 0 Å². The number of allylic oxidation sites excluding steroid dienone is 1. The molecular weight excluding hydrogens is 293 g/mol. The summed E-state index contributed by atoms with van der Waals surface area (Å²) in [5.74, 6) is -2.92. The molecule has 112 valence electrons. The average Bonchev–Trinajstić information content (AvgIpc) is 2.49. The highest BCUT2D eigenvalue weighted by atomic mass is 19.1. The maximum absolute atomic E-state index is 13.6. The number of phenolic OH excluding ortho intramolecular Hbond substituents is 1. The van der Waals surface area contributed by atoms with Gasteiger partial charge >= 0.3 is 5.69 Å². The number of carbonyl (C=O) groups is 1. The van der Waals surface area contributed by atoms with Gasteiger partial charge in [-0.3, -0.25) is 19.9 Å². The number of nitro benzene ring substituents is 1. The van der Waals surface area contributed by atoms with Crippen LogP contribution >= 0.6 is 0 Å². The van der Waals surface area contributed by atoms with E-state index in [1.165, 1.54) is 12.3 Å². The summed E-state index contributed by atoms with van der Waals surface area (Å²) in [6, 6.07) is 3.98. The van der Waals surface area contributed by atoms with E-state index in [-0.39, 0.29) is 0 Å². The molecule has 0 saturated carbocycles. The fraction of sp³-hybridized carbons (Fsp3) is 0. The van der Waals surface area contributed by atoms with Crippen LogP contribution in [0.5, 0.6) is 5.75 Å². The summed E-state index contributed by atoms with van der Waals surface area (Å²) >= 11 is 0. The van der Waals surface area contributed by atoms with Crippen LogP contribution in [0.3, 0.4) is 0 Å². The Morgan fingerprint density at radius 1 is 1.50 bits per heavy atom. The van der Waals surface area contributed by atoms with Gasteiger partial charge in [0.15, 0.2) is 17.3 Å². The molecule has 0 saturated heterocycles. The van der Waals surface area contributed by atoms with Crippen LogP contribution < -0.4 is 5.73 Å². The third kappa shape index (κ3) is 2.90. The molecule has 8 heteroatoms. The Labute approximate surface area is 123 Å². The lowest BCUT2D eigenvalue weighted by atomic mass is 10.1. The fourth-order valence-corrected chi connectivity index (χ4v) is 1.75. The van der Waals surface area contributed by atoms with Crippen molar-refractivity contribution in [2.75, 3.05) is 5.73 Å². The van der Waals surface area contributed by atoms with Gasteiger partial charge < -0.3 is 10.8 Å². The number of nitro groups is 1. The Kier molecular flexibility index (Phi) is 4.12. The molecule has 22 heavy (non-hydrogen) atoms. The number of hydrogen-bond donors (Lipinski definition) is 2. The summed E-state index contributed by atoms with van der Waals surface area (Å²) in [6.45, 7) is 0. The molecule has 0 atom stereocenters. The van der Waals surface area contributed by atoms with Gasteiger partial charge in [-0.15, -0.1) is 0 Å². The predicted octanol–water partition coefficient (Wildman–Crippen LogP) is 2.31. The molecule has 1 aromatic carbocycles. The standard InChI is InChI=1S/C14H10FN3O4/c15-10-6-9(14(20)13(12(10)16)18(21)22)11(19)4-3-8-2-1-5-17-7-8/h1-7,20H,16H2/b4-3+. The minimum atomic E-state index is -1.15. The smallest absolute Gasteiger partial charge is 0.337 e. The number of nitrogens with zero attached hydrogens (tertiary/aromatic N) is 2. The third-order valence-corrected chi connectivity index (χ3v) is 2.82. The first-order valence-corrected chi connectivity index (χ1v) is 5.99. The van der Waals surface area contributed by atoms with Gasteiger partial charge in [0.1, 0.15) is 0 Å². The number of benzene rings is 1. The second-order valence-electron chi connectivity index (χ2n) is 4.26. The van der Waals surface area contributed by atoms with E-state index in [1.54, 1.807) is 18.3 Å². The maximum Gasteiger partial charge on any atom is 0.337 e. The number of nitrogen functional groups attached to an aromatic ring is 1. The zero-order valence-electron chi connectivity index (χ0n) is 11.1. The number of aromatic hydroxyl groups is 1. The Hall–Kier alpha value is -3.29. The quantitative estimate of drug-likeness (QED) is 0.294. The number of carbonyl (C=O) groups excluding carboxylic acids is 1. The zero-order chi connectivity index (χ0) is 16.3. The lowest BCUT2D eigenvalue weighted by Crippen LogP contribution is -2.04. The van der Waals surface area contributed by atoms with Crippen LogP contribution in [0.2, 0.25) is 0 Å². The molecule has 0 aliphatic rings. The molecule has 2 rings (SSSR count). The van der Waals surface area contributed by atoms with E-state index in [2.05, 4.69) is 4.98 Å². The molecule has 3 N–H and O–H groups in total. The van der Waals surface area contributed by atoms with Crippen LogP contribution in [0.25, 0.3) is 6.08 Å². The van der Waals surface area contributed by atoms with Gasteiger partial charge in [0.2, 0.25) is 5.75 Å². The number of rotatable bonds is 4. The number of pyridine rings is 1. The minimum absolute atomic E-state index is 0.543. The number of halogens is 1. The Balaban J connectivity index is 2.43. The third-order valence-electron chi connectivity index (χ3n) is 2.82. The molecule has 0 unspecified atom stereocenters. The van der Waals surface area contributed by atoms with E-state index in [1.807, 2.05) is 0 Å². The summed E-state index contributed by atoms with van der Waals surface area (Å²) in [5.41, 5.74) is 3.41. The molecular formula is C14H10FN3O4. The number of phenols is 1. The van der Waals surface area contributed by atoms with Crippen molar-refractivity contribution in [2.45, 2.75) is 0 Å². The van der Waals surface area contributed by atoms with Crippen LogP contribution in [0.1, 0.15) is 15.9 Å². The van der Waals surface area contributed by atoms with Gasteiger partial charge in [0.25, 0.3) is 0 Å². The van der Waals surface area contributed by atoms with Crippen LogP contribution in [0, 0.1) is 15.9 Å². The van der Waals surface area contributed by atoms with Crippen LogP contribution in [0.4, 0.5) is 15.8 Å². The molecule has 1 heterocycles. The summed E-state index contributed by atoms with van der Waals surface area (Å²) in [7, 11) is 0. The minimum Gasteiger partial charge on any atom is -0.502 e. The largest absolute Gasteiger partial charge is 0.502 e. The summed E-state index contributed by atoms with van der Waals surface area (Å²) in [4.78, 5) is 25.6. The predicted molar refractivity (Wildman–Crippen MR) is 76.7 cm³/mol. The lowest BCUT2D eigenvalue weighted by molar-refractivity contribution is -0.385. The van der Waals surface area contributed by atoms with Crippen LogP contribution in [0.15, 0.2) is 36.7 Å². The highest BCUT2D eigenvalue weighted by molar-refractivity contribution is 6.09. The van der Waals surface area contributed by atoms with E-state index in [4.69, 9.17) is 5.73 Å². The average molecular weight is 303 g/mol. The Morgan fingerprint density at radius 2 is 2.23 bits per heavy atom. The first kappa shape index (κ1) is 15.1. The van der Waals surface area contributed by atoms with E-state index in [0.29, 0.717) is 11.6 Å². The Morgan fingerprint density at radius 3 is 2.82 bits per heavy atom. The van der Waals surface area contributed by atoms with Crippen LogP contribution in [-0.4, -0.2) is 20.8 Å². The number of hydrogen-bond acceptors (Lipinski definition) is 6. The molecule has 0 radical (unpaired) electrons. The monoisotopic (exact) mass is 303 g/mol. The van der Waals surface area contributed by atoms with Gasteiger partial charge in [0.05, 0.1) is 10.5 Å². The molecule has 0 aliphatic heterocycles. The second-order valence-corrected chi connectivity index (χ2v) is 4.26. The number of ketones is 1. The molecule has 0 aliphatic carbocycles. The van der Waals surface area contributed by atoms with Crippen molar-refractivity contribution in [3.63, 3.8) is 0 Å². The van der Waals surface area contributed by atoms with Crippen molar-refractivity contribution in [1.29, 1.82) is 0 Å². The topological polar surface area (TPSA) is 119 Å². The first-order valence-electron chi connectivity index (χ1n) is 5.99. The van der Waals surface area contributed by atoms with Crippen molar-refractivity contribution >= 4 is 23.2 Å². The van der Waals surface area contributed by atoms with E-state index in [9.17, 15) is 24.4 Å². The van der Waals surface area contributed by atoms with E-state index < -0.39 is 39.2 Å². The molecule has 1 aromatic heterocycles. The highest BCUT2D eigenvalue weighted by Crippen LogP contribution is 2.37. The Bertz CT molecular complexity index is 775. The number of anilines is 1. The molecule has 7 nitrogen and oxygen atoms in total. The summed E-state index contributed by atoms with van der Waals surface area (Å²) in [5, 5.41) is 20.6. The molecule has 0 spiro atoms. The normalized spacial score (nSPS) is 10.8. The molecule has 0 amide bonds. The van der Waals surface area contributed by atoms with Crippen molar-refractivity contribution in [3.05, 3.63) is 63.7 Å². The van der Waals surface area contributed by atoms with Gasteiger partial charge in [0, 0.05) is 12.4 Å². The maximum atomic E-state index is 13.6. The van der Waals surface area contributed by atoms with Gasteiger partial charge in [-0.1, -0.05) is 6.07 Å². The first-order chi connectivity index (χ1) is 10.4. The van der Waals surface area contributed by atoms with Gasteiger partial charge in [-0.05, 0) is 29.8 Å². The lowest BCUT2D eigenvalue weighted by Gasteiger charge is -2.05. The summed E-state index contributed by atoms with van der Waals surface area (Å²) < 4.78 is 13.6. The van der Waals surface area contributed by atoms with Crippen molar-refractivity contribution in [2.24, 2.45) is 0 Å². The van der Waals surface area contributed by atoms with Gasteiger partial charge in [-0.2, -0.15) is 0 Å². The zero-order valence-corrected chi connectivity index (χ0v) is 11.1. The highest BCUT2D eigenvalue weighted by Gasteiger charge is 2.27. The molecule has 0 bridgehead atoms. The molecule has 0 fully saturated rings.